The Kier molecular flexibility index (Phi) is 7.68. The molecule has 1 aliphatic heterocycles. The minimum Gasteiger partial charge on any atom is -0.497 e. The Bertz CT molecular complexity index is 781. The highest BCUT2D eigenvalue weighted by Crippen LogP contribution is 2.34. The molecule has 5 atom stereocenters. The third kappa shape index (κ3) is 5.59. The summed E-state index contributed by atoms with van der Waals surface area (Å²) in [6.07, 6.45) is 7.28. The Balaban J connectivity index is 1.65. The number of hydrogen-bond acceptors (Lipinski definition) is 3. The summed E-state index contributed by atoms with van der Waals surface area (Å²) < 4.78 is 17.9. The molecule has 0 spiro atoms. The largest absolute Gasteiger partial charge is 0.497 e. The summed E-state index contributed by atoms with van der Waals surface area (Å²) in [5, 5.41) is 0. The van der Waals surface area contributed by atoms with Gasteiger partial charge in [0.05, 0.1) is 32.0 Å². The Hall–Kier alpha value is -2.36. The molecule has 29 heavy (non-hydrogen) atoms. The quantitative estimate of drug-likeness (QED) is 0.547. The van der Waals surface area contributed by atoms with Crippen molar-refractivity contribution in [2.24, 2.45) is 11.8 Å². The standard InChI is InChI=1S/C26H32O3/c1-5-24-19(2)26(28-18-22-14-16-23(27-4)17-15-22)20(3)25(29-24)13-9-12-21-10-7-6-8-11-21/h5-11,13-17,19-20,24-26H,1,12,18H2,2-4H3/b13-9+/t19-,20+,24+,25-,26-/m1/s1. The molecular formula is C26H32O3. The van der Waals surface area contributed by atoms with Gasteiger partial charge in [0.15, 0.2) is 0 Å². The molecule has 3 rings (SSSR count). The van der Waals surface area contributed by atoms with E-state index in [1.54, 1.807) is 7.11 Å². The van der Waals surface area contributed by atoms with Crippen LogP contribution in [0.2, 0.25) is 0 Å². The maximum Gasteiger partial charge on any atom is 0.118 e. The molecule has 0 radical (unpaired) electrons. The summed E-state index contributed by atoms with van der Waals surface area (Å²) in [4.78, 5) is 0. The molecule has 0 N–H and O–H groups in total. The molecule has 2 aromatic rings. The lowest BCUT2D eigenvalue weighted by Crippen LogP contribution is -2.48. The average molecular weight is 393 g/mol. The van der Waals surface area contributed by atoms with Crippen molar-refractivity contribution in [1.29, 1.82) is 0 Å². The monoisotopic (exact) mass is 392 g/mol. The second-order valence-corrected chi connectivity index (χ2v) is 7.76. The first-order chi connectivity index (χ1) is 14.1. The minimum absolute atomic E-state index is 0.0128. The van der Waals surface area contributed by atoms with Crippen LogP contribution in [-0.4, -0.2) is 25.4 Å². The molecule has 0 unspecified atom stereocenters. The van der Waals surface area contributed by atoms with Crippen molar-refractivity contribution >= 4 is 0 Å². The van der Waals surface area contributed by atoms with E-state index >= 15 is 0 Å². The fourth-order valence-corrected chi connectivity index (χ4v) is 3.94. The van der Waals surface area contributed by atoms with Crippen LogP contribution in [0, 0.1) is 11.8 Å². The predicted octanol–water partition coefficient (Wildman–Crippen LogP) is 5.60. The van der Waals surface area contributed by atoms with Gasteiger partial charge in [0.25, 0.3) is 0 Å². The third-order valence-electron chi connectivity index (χ3n) is 5.74. The first kappa shape index (κ1) is 21.4. The molecule has 0 aromatic heterocycles. The van der Waals surface area contributed by atoms with E-state index in [9.17, 15) is 0 Å². The lowest BCUT2D eigenvalue weighted by Gasteiger charge is -2.43. The van der Waals surface area contributed by atoms with Gasteiger partial charge in [0.2, 0.25) is 0 Å². The van der Waals surface area contributed by atoms with Crippen molar-refractivity contribution in [2.75, 3.05) is 7.11 Å². The van der Waals surface area contributed by atoms with E-state index in [2.05, 4.69) is 69.0 Å². The topological polar surface area (TPSA) is 27.7 Å². The lowest BCUT2D eigenvalue weighted by molar-refractivity contribution is -0.155. The van der Waals surface area contributed by atoms with E-state index in [0.717, 1.165) is 17.7 Å². The van der Waals surface area contributed by atoms with Gasteiger partial charge in [-0.3, -0.25) is 0 Å². The van der Waals surface area contributed by atoms with E-state index in [0.29, 0.717) is 6.61 Å². The molecule has 1 fully saturated rings. The highest BCUT2D eigenvalue weighted by atomic mass is 16.5. The fourth-order valence-electron chi connectivity index (χ4n) is 3.94. The molecule has 1 heterocycles. The first-order valence-corrected chi connectivity index (χ1v) is 10.4. The van der Waals surface area contributed by atoms with Gasteiger partial charge in [-0.25, -0.2) is 0 Å². The highest BCUT2D eigenvalue weighted by molar-refractivity contribution is 5.26. The van der Waals surface area contributed by atoms with Crippen molar-refractivity contribution in [2.45, 2.75) is 45.2 Å². The lowest BCUT2D eigenvalue weighted by atomic mass is 9.82. The van der Waals surface area contributed by atoms with Crippen LogP contribution in [0.5, 0.6) is 5.75 Å². The number of ether oxygens (including phenoxy) is 3. The van der Waals surface area contributed by atoms with Gasteiger partial charge >= 0.3 is 0 Å². The first-order valence-electron chi connectivity index (χ1n) is 10.4. The van der Waals surface area contributed by atoms with Crippen LogP contribution in [0.4, 0.5) is 0 Å². The summed E-state index contributed by atoms with van der Waals surface area (Å²) >= 11 is 0. The van der Waals surface area contributed by atoms with Gasteiger partial charge in [-0.2, -0.15) is 0 Å². The van der Waals surface area contributed by atoms with Gasteiger partial charge in [-0.15, -0.1) is 6.58 Å². The number of rotatable bonds is 8. The number of methoxy groups -OCH3 is 1. The Labute approximate surface area is 175 Å². The Morgan fingerprint density at radius 3 is 2.28 bits per heavy atom. The van der Waals surface area contributed by atoms with Crippen LogP contribution in [0.3, 0.4) is 0 Å². The molecule has 3 nitrogen and oxygen atoms in total. The summed E-state index contributed by atoms with van der Waals surface area (Å²) in [6, 6.07) is 18.5. The number of benzene rings is 2. The van der Waals surface area contributed by atoms with Crippen LogP contribution in [0.15, 0.2) is 79.4 Å². The van der Waals surface area contributed by atoms with Crippen molar-refractivity contribution in [1.82, 2.24) is 0 Å². The van der Waals surface area contributed by atoms with Gasteiger partial charge in [-0.1, -0.05) is 74.5 Å². The molecule has 2 aromatic carbocycles. The van der Waals surface area contributed by atoms with Gasteiger partial charge in [0.1, 0.15) is 5.75 Å². The maximum atomic E-state index is 6.39. The Morgan fingerprint density at radius 2 is 1.62 bits per heavy atom. The average Bonchev–Trinajstić information content (AvgIpc) is 2.76. The zero-order valence-electron chi connectivity index (χ0n) is 17.7. The third-order valence-corrected chi connectivity index (χ3v) is 5.74. The van der Waals surface area contributed by atoms with Crippen molar-refractivity contribution < 1.29 is 14.2 Å². The van der Waals surface area contributed by atoms with E-state index in [-0.39, 0.29) is 30.1 Å². The molecule has 0 bridgehead atoms. The molecular weight excluding hydrogens is 360 g/mol. The minimum atomic E-state index is -0.0153. The van der Waals surface area contributed by atoms with Crippen LogP contribution in [0.25, 0.3) is 0 Å². The smallest absolute Gasteiger partial charge is 0.118 e. The molecule has 0 amide bonds. The second-order valence-electron chi connectivity index (χ2n) is 7.76. The highest BCUT2D eigenvalue weighted by Gasteiger charge is 2.39. The molecule has 154 valence electrons. The van der Waals surface area contributed by atoms with E-state index in [1.807, 2.05) is 24.3 Å². The second kappa shape index (κ2) is 10.4. The van der Waals surface area contributed by atoms with Crippen molar-refractivity contribution in [3.8, 4) is 5.75 Å². The van der Waals surface area contributed by atoms with Crippen LogP contribution in [-0.2, 0) is 22.5 Å². The van der Waals surface area contributed by atoms with Crippen LogP contribution in [0.1, 0.15) is 25.0 Å². The zero-order chi connectivity index (χ0) is 20.6. The maximum absolute atomic E-state index is 6.39. The van der Waals surface area contributed by atoms with Gasteiger partial charge in [-0.05, 0) is 29.7 Å². The van der Waals surface area contributed by atoms with Crippen molar-refractivity contribution in [3.05, 3.63) is 90.5 Å². The molecule has 1 saturated heterocycles. The summed E-state index contributed by atoms with van der Waals surface area (Å²) in [5.74, 6) is 1.36. The molecule has 3 heteroatoms. The van der Waals surface area contributed by atoms with E-state index in [4.69, 9.17) is 14.2 Å². The molecule has 0 saturated carbocycles. The number of allylic oxidation sites excluding steroid dienone is 1. The van der Waals surface area contributed by atoms with Crippen LogP contribution >= 0.6 is 0 Å². The SMILES string of the molecule is C=C[C@@H]1O[C@H](/C=C/Cc2ccccc2)[C@H](C)[C@H](OCc2ccc(OC)cc2)[C@@H]1C. The normalized spacial score (nSPS) is 27.1. The summed E-state index contributed by atoms with van der Waals surface area (Å²) in [6.45, 7) is 8.95. The van der Waals surface area contributed by atoms with E-state index < -0.39 is 0 Å². The van der Waals surface area contributed by atoms with Gasteiger partial charge < -0.3 is 14.2 Å². The zero-order valence-corrected chi connectivity index (χ0v) is 17.7. The number of hydrogen-bond donors (Lipinski definition) is 0. The van der Waals surface area contributed by atoms with Crippen molar-refractivity contribution in [3.63, 3.8) is 0 Å². The summed E-state index contributed by atoms with van der Waals surface area (Å²) in [7, 11) is 1.68. The van der Waals surface area contributed by atoms with E-state index in [1.165, 1.54) is 5.56 Å². The summed E-state index contributed by atoms with van der Waals surface area (Å²) in [5.41, 5.74) is 2.44. The molecule has 0 aliphatic carbocycles. The predicted molar refractivity (Wildman–Crippen MR) is 118 cm³/mol. The molecule has 1 aliphatic rings. The fraction of sp³-hybridized carbons (Fsp3) is 0.385. The Morgan fingerprint density at radius 1 is 0.931 bits per heavy atom. The van der Waals surface area contributed by atoms with Gasteiger partial charge in [0, 0.05) is 11.8 Å². The van der Waals surface area contributed by atoms with Crippen LogP contribution < -0.4 is 4.74 Å².